The van der Waals surface area contributed by atoms with Gasteiger partial charge in [-0.05, 0) is 12.8 Å². The predicted octanol–water partition coefficient (Wildman–Crippen LogP) is 3.23. The zero-order valence-electron chi connectivity index (χ0n) is 8.50. The van der Waals surface area contributed by atoms with Crippen LogP contribution in [-0.4, -0.2) is 12.7 Å². The summed E-state index contributed by atoms with van der Waals surface area (Å²) in [5.41, 5.74) is 0. The Morgan fingerprint density at radius 1 is 1.31 bits per heavy atom. The fraction of sp³-hybridized carbons (Fsp3) is 0.818. The van der Waals surface area contributed by atoms with Gasteiger partial charge >= 0.3 is 0 Å². The molecule has 0 aromatic rings. The molecule has 1 aliphatic heterocycles. The molecule has 1 atom stereocenters. The Labute approximate surface area is 80.8 Å². The van der Waals surface area contributed by atoms with Crippen LogP contribution in [0.15, 0.2) is 12.2 Å². The molecule has 13 heavy (non-hydrogen) atoms. The summed E-state index contributed by atoms with van der Waals surface area (Å²) in [6, 6.07) is 0. The second-order valence-electron chi connectivity index (χ2n) is 3.52. The van der Waals surface area contributed by atoms with Crippen molar-refractivity contribution in [2.24, 2.45) is 0 Å². The summed E-state index contributed by atoms with van der Waals surface area (Å²) in [7, 11) is 0. The van der Waals surface area contributed by atoms with Crippen molar-refractivity contribution >= 4 is 0 Å². The van der Waals surface area contributed by atoms with E-state index < -0.39 is 0 Å². The van der Waals surface area contributed by atoms with Crippen molar-refractivity contribution in [3.63, 3.8) is 0 Å². The molecule has 2 heteroatoms. The Kier molecular flexibility index (Phi) is 5.87. The van der Waals surface area contributed by atoms with Crippen LogP contribution in [0.25, 0.3) is 0 Å². The van der Waals surface area contributed by atoms with Crippen molar-refractivity contribution in [3.05, 3.63) is 12.2 Å². The quantitative estimate of drug-likeness (QED) is 0.358. The zero-order chi connectivity index (χ0) is 9.36. The number of allylic oxidation sites excluding steroid dienone is 1. The first-order valence-corrected chi connectivity index (χ1v) is 5.38. The zero-order valence-corrected chi connectivity index (χ0v) is 8.50. The fourth-order valence-corrected chi connectivity index (χ4v) is 1.41. The Morgan fingerprint density at radius 2 is 2.23 bits per heavy atom. The van der Waals surface area contributed by atoms with E-state index in [0.29, 0.717) is 0 Å². The minimum Gasteiger partial charge on any atom is -0.236 e. The molecular weight excluding hydrogens is 164 g/mol. The van der Waals surface area contributed by atoms with E-state index in [9.17, 15) is 0 Å². The molecule has 0 aromatic carbocycles. The Morgan fingerprint density at radius 3 is 2.92 bits per heavy atom. The number of hydrogen-bond donors (Lipinski definition) is 0. The minimum absolute atomic E-state index is 0.214. The van der Waals surface area contributed by atoms with Crippen molar-refractivity contribution in [3.8, 4) is 0 Å². The van der Waals surface area contributed by atoms with Gasteiger partial charge < -0.3 is 0 Å². The molecule has 1 aliphatic rings. The third-order valence-electron chi connectivity index (χ3n) is 2.25. The second-order valence-corrected chi connectivity index (χ2v) is 3.52. The van der Waals surface area contributed by atoms with Crippen LogP contribution in [0.1, 0.15) is 45.4 Å². The first-order valence-electron chi connectivity index (χ1n) is 5.38. The van der Waals surface area contributed by atoms with Gasteiger partial charge in [-0.1, -0.05) is 38.3 Å². The van der Waals surface area contributed by atoms with Crippen molar-refractivity contribution in [2.45, 2.75) is 51.6 Å². The Bertz CT molecular complexity index is 137. The lowest BCUT2D eigenvalue weighted by Gasteiger charge is -1.98. The second kappa shape index (κ2) is 7.10. The van der Waals surface area contributed by atoms with E-state index in [4.69, 9.17) is 9.78 Å². The van der Waals surface area contributed by atoms with Gasteiger partial charge in [0.05, 0.1) is 6.61 Å². The third-order valence-corrected chi connectivity index (χ3v) is 2.25. The molecular formula is C11H20O2. The molecule has 2 nitrogen and oxygen atoms in total. The highest BCUT2D eigenvalue weighted by Crippen LogP contribution is 2.11. The highest BCUT2D eigenvalue weighted by atomic mass is 17.2. The highest BCUT2D eigenvalue weighted by Gasteiger charge is 2.12. The van der Waals surface area contributed by atoms with E-state index in [1.54, 1.807) is 0 Å². The molecule has 0 radical (unpaired) electrons. The molecule has 76 valence electrons. The van der Waals surface area contributed by atoms with Crippen molar-refractivity contribution < 1.29 is 9.78 Å². The van der Waals surface area contributed by atoms with Crippen LogP contribution in [0.3, 0.4) is 0 Å². The SMILES string of the molecule is CCCCCCC=CC1CCOO1. The Hall–Kier alpha value is -0.340. The number of rotatable bonds is 6. The van der Waals surface area contributed by atoms with Gasteiger partial charge in [0.2, 0.25) is 0 Å². The van der Waals surface area contributed by atoms with Gasteiger partial charge in [0.25, 0.3) is 0 Å². The predicted molar refractivity (Wildman–Crippen MR) is 53.3 cm³/mol. The van der Waals surface area contributed by atoms with E-state index in [0.717, 1.165) is 13.0 Å². The molecule has 1 unspecified atom stereocenters. The summed E-state index contributed by atoms with van der Waals surface area (Å²) in [5.74, 6) is 0. The summed E-state index contributed by atoms with van der Waals surface area (Å²) in [6.07, 6.45) is 12.1. The normalized spacial score (nSPS) is 23.0. The van der Waals surface area contributed by atoms with Gasteiger partial charge in [0.15, 0.2) is 0 Å². The molecule has 0 saturated carbocycles. The van der Waals surface area contributed by atoms with Crippen LogP contribution in [0.5, 0.6) is 0 Å². The monoisotopic (exact) mass is 184 g/mol. The average molecular weight is 184 g/mol. The summed E-state index contributed by atoms with van der Waals surface area (Å²) in [6.45, 7) is 2.98. The van der Waals surface area contributed by atoms with E-state index in [1.807, 2.05) is 0 Å². The molecule has 0 bridgehead atoms. The molecule has 1 heterocycles. The molecule has 1 saturated heterocycles. The maximum atomic E-state index is 4.99. The van der Waals surface area contributed by atoms with Gasteiger partial charge in [-0.25, -0.2) is 9.78 Å². The van der Waals surface area contributed by atoms with Crippen molar-refractivity contribution in [2.75, 3.05) is 6.61 Å². The van der Waals surface area contributed by atoms with Crippen LogP contribution in [0.4, 0.5) is 0 Å². The smallest absolute Gasteiger partial charge is 0.113 e. The molecule has 1 fully saturated rings. The summed E-state index contributed by atoms with van der Waals surface area (Å²) >= 11 is 0. The van der Waals surface area contributed by atoms with Crippen LogP contribution >= 0.6 is 0 Å². The topological polar surface area (TPSA) is 18.5 Å². The Balaban J connectivity index is 1.91. The summed E-state index contributed by atoms with van der Waals surface area (Å²) in [4.78, 5) is 9.80. The molecule has 0 aliphatic carbocycles. The van der Waals surface area contributed by atoms with Crippen LogP contribution in [0, 0.1) is 0 Å². The van der Waals surface area contributed by atoms with Gasteiger partial charge in [0.1, 0.15) is 6.10 Å². The van der Waals surface area contributed by atoms with Gasteiger partial charge in [0, 0.05) is 6.42 Å². The molecule has 0 amide bonds. The van der Waals surface area contributed by atoms with E-state index in [1.165, 1.54) is 32.1 Å². The maximum Gasteiger partial charge on any atom is 0.113 e. The minimum atomic E-state index is 0.214. The lowest BCUT2D eigenvalue weighted by Crippen LogP contribution is -1.98. The highest BCUT2D eigenvalue weighted by molar-refractivity contribution is 4.89. The standard InChI is InChI=1S/C11H20O2/c1-2-3-4-5-6-7-8-11-9-10-12-13-11/h7-8,11H,2-6,9-10H2,1H3. The first-order chi connectivity index (χ1) is 6.43. The van der Waals surface area contributed by atoms with Crippen molar-refractivity contribution in [1.29, 1.82) is 0 Å². The van der Waals surface area contributed by atoms with Crippen LogP contribution in [-0.2, 0) is 9.78 Å². The largest absolute Gasteiger partial charge is 0.236 e. The average Bonchev–Trinajstić information content (AvgIpc) is 2.63. The van der Waals surface area contributed by atoms with Crippen molar-refractivity contribution in [1.82, 2.24) is 0 Å². The fourth-order valence-electron chi connectivity index (χ4n) is 1.41. The summed E-state index contributed by atoms with van der Waals surface area (Å²) < 4.78 is 0. The third kappa shape index (κ3) is 5.06. The lowest BCUT2D eigenvalue weighted by atomic mass is 10.1. The lowest BCUT2D eigenvalue weighted by molar-refractivity contribution is -0.265. The number of unbranched alkanes of at least 4 members (excludes halogenated alkanes) is 4. The molecule has 0 spiro atoms. The van der Waals surface area contributed by atoms with Crippen LogP contribution in [0.2, 0.25) is 0 Å². The van der Waals surface area contributed by atoms with Gasteiger partial charge in [-0.15, -0.1) is 0 Å². The molecule has 0 aromatic heterocycles. The van der Waals surface area contributed by atoms with Gasteiger partial charge in [-0.2, -0.15) is 0 Å². The van der Waals surface area contributed by atoms with E-state index in [2.05, 4.69) is 19.1 Å². The van der Waals surface area contributed by atoms with Gasteiger partial charge in [-0.3, -0.25) is 0 Å². The van der Waals surface area contributed by atoms with E-state index in [-0.39, 0.29) is 6.10 Å². The van der Waals surface area contributed by atoms with E-state index >= 15 is 0 Å². The first kappa shape index (κ1) is 10.7. The van der Waals surface area contributed by atoms with Crippen LogP contribution < -0.4 is 0 Å². The molecule has 0 N–H and O–H groups in total. The number of hydrogen-bond acceptors (Lipinski definition) is 2. The maximum absolute atomic E-state index is 4.99. The molecule has 1 rings (SSSR count). The summed E-state index contributed by atoms with van der Waals surface area (Å²) in [5, 5.41) is 0.